The largest absolute Gasteiger partial charge is 0.465 e. The van der Waals surface area contributed by atoms with E-state index in [2.05, 4.69) is 10.1 Å². The molecule has 0 radical (unpaired) electrons. The van der Waals surface area contributed by atoms with Crippen LogP contribution in [0.3, 0.4) is 0 Å². The summed E-state index contributed by atoms with van der Waals surface area (Å²) >= 11 is 0. The van der Waals surface area contributed by atoms with E-state index >= 15 is 0 Å². The van der Waals surface area contributed by atoms with Crippen molar-refractivity contribution in [1.29, 1.82) is 0 Å². The Kier molecular flexibility index (Phi) is 4.26. The Morgan fingerprint density at radius 2 is 1.73 bits per heavy atom. The third-order valence-corrected chi connectivity index (χ3v) is 6.07. The topological polar surface area (TPSA) is 82.2 Å². The average molecular weight is 554 g/mol. The Balaban J connectivity index is 1.63. The molecular formula is C32H34N4O4. The Labute approximate surface area is 255 Å². The lowest BCUT2D eigenvalue weighted by molar-refractivity contribution is -0.119. The summed E-state index contributed by atoms with van der Waals surface area (Å²) in [6.07, 6.45) is -0.496. The normalized spacial score (nSPS) is 27.2. The SMILES string of the molecule is [2H]c1c([2H])c(N(C)C(=O)CN2C([2H])([2H])C([2H])([2H])N(C)C([2H])([2H])C2([2H])[2H])c([2H])c([2H])c1C/C(=C1\C(=O)Nc2c([2H])c(C(=O)OC)c([2H])c([2H])c21)c1ccccc1. The Hall–Kier alpha value is -4.27. The average Bonchev–Trinajstić information content (AvgIpc) is 3.48. The van der Waals surface area contributed by atoms with Crippen LogP contribution in [0, 0.1) is 0 Å². The molecule has 2 aliphatic rings. The van der Waals surface area contributed by atoms with Gasteiger partial charge in [0.15, 0.2) is 0 Å². The maximum absolute atomic E-state index is 13.6. The van der Waals surface area contributed by atoms with E-state index < -0.39 is 110 Å². The van der Waals surface area contributed by atoms with Gasteiger partial charge in [-0.2, -0.15) is 0 Å². The van der Waals surface area contributed by atoms with Crippen molar-refractivity contribution in [3.63, 3.8) is 0 Å². The predicted octanol–water partition coefficient (Wildman–Crippen LogP) is 3.79. The summed E-state index contributed by atoms with van der Waals surface area (Å²) in [7, 11) is 2.90. The van der Waals surface area contributed by atoms with Crippen LogP contribution in [0.1, 0.15) is 47.6 Å². The number of carbonyl (C=O) groups is 3. The quantitative estimate of drug-likeness (QED) is 0.354. The minimum Gasteiger partial charge on any atom is -0.465 e. The fourth-order valence-electron chi connectivity index (χ4n) is 3.98. The van der Waals surface area contributed by atoms with Crippen molar-refractivity contribution in [3.05, 3.63) is 94.9 Å². The molecule has 8 heteroatoms. The number of allylic oxidation sites excluding steroid dienone is 1. The molecule has 0 unspecified atom stereocenters. The van der Waals surface area contributed by atoms with Crippen LogP contribution < -0.4 is 10.2 Å². The zero-order valence-corrected chi connectivity index (χ0v) is 21.8. The van der Waals surface area contributed by atoms with E-state index in [4.69, 9.17) is 20.6 Å². The summed E-state index contributed by atoms with van der Waals surface area (Å²) in [6.45, 7) is -14.2. The number of rotatable bonds is 7. The third kappa shape index (κ3) is 5.83. The van der Waals surface area contributed by atoms with E-state index in [9.17, 15) is 14.4 Å². The lowest BCUT2D eigenvalue weighted by atomic mass is 9.90. The van der Waals surface area contributed by atoms with Crippen LogP contribution in [-0.4, -0.2) is 81.3 Å². The van der Waals surface area contributed by atoms with Gasteiger partial charge in [0, 0.05) is 60.9 Å². The monoisotopic (exact) mass is 553 g/mol. The summed E-state index contributed by atoms with van der Waals surface area (Å²) in [5.74, 6) is -3.14. The van der Waals surface area contributed by atoms with Crippen LogP contribution in [-0.2, 0) is 20.7 Å². The van der Waals surface area contributed by atoms with Gasteiger partial charge in [0.05, 0.1) is 34.4 Å². The van der Waals surface area contributed by atoms with Crippen molar-refractivity contribution in [3.8, 4) is 0 Å². The summed E-state index contributed by atoms with van der Waals surface area (Å²) in [6, 6.07) is 3.23. The number of piperazine rings is 1. The van der Waals surface area contributed by atoms with E-state index in [0.29, 0.717) is 10.5 Å². The highest BCUT2D eigenvalue weighted by Gasteiger charge is 2.29. The van der Waals surface area contributed by atoms with Crippen LogP contribution in [0.15, 0.2) is 72.6 Å². The van der Waals surface area contributed by atoms with Crippen LogP contribution in [0.2, 0.25) is 0 Å². The smallest absolute Gasteiger partial charge is 0.337 e. The van der Waals surface area contributed by atoms with Crippen molar-refractivity contribution in [2.45, 2.75) is 6.42 Å². The number of esters is 1. The molecule has 3 aromatic carbocycles. The van der Waals surface area contributed by atoms with E-state index in [1.54, 1.807) is 30.3 Å². The molecule has 2 heterocycles. The van der Waals surface area contributed by atoms with E-state index in [-0.39, 0.29) is 37.8 Å². The first-order valence-electron chi connectivity index (χ1n) is 19.5. The standard InChI is InChI=1S/C32H34N4O4/c1-34-15-17-36(18-16-34)21-29(37)35(2)25-12-9-22(10-13-25)19-27(23-7-5-4-6-8-23)30-26-14-11-24(32(39)40-3)20-28(26)33-31(30)38/h4-14,20H,15-19,21H2,1-3H3,(H,33,38)/b30-27+/i9D,10D,11D,12D,13D,14D,15D2,16D2,17D2,18D2,20D. The minimum atomic E-state index is -3.29. The van der Waals surface area contributed by atoms with Crippen molar-refractivity contribution < 1.29 is 39.7 Å². The molecule has 2 amide bonds. The highest BCUT2D eigenvalue weighted by Crippen LogP contribution is 2.39. The second kappa shape index (κ2) is 11.9. The highest BCUT2D eigenvalue weighted by atomic mass is 16.5. The molecule has 3 aromatic rings. The molecule has 0 saturated carbocycles. The number of carbonyl (C=O) groups excluding carboxylic acids is 3. The fraction of sp³-hybridized carbons (Fsp3) is 0.281. The third-order valence-electron chi connectivity index (χ3n) is 6.07. The number of hydrogen-bond donors (Lipinski definition) is 1. The molecule has 2 aliphatic heterocycles. The number of ether oxygens (including phenoxy) is 1. The molecule has 206 valence electrons. The van der Waals surface area contributed by atoms with Crippen molar-refractivity contribution >= 4 is 40.3 Å². The van der Waals surface area contributed by atoms with Crippen LogP contribution in [0.4, 0.5) is 11.4 Å². The first-order valence-corrected chi connectivity index (χ1v) is 12.0. The van der Waals surface area contributed by atoms with Crippen LogP contribution in [0.5, 0.6) is 0 Å². The number of likely N-dealkylation sites (N-methyl/N-ethyl adjacent to an activating group) is 2. The molecule has 0 spiro atoms. The number of hydrogen-bond acceptors (Lipinski definition) is 6. The zero-order chi connectivity index (χ0) is 41.5. The van der Waals surface area contributed by atoms with Crippen molar-refractivity contribution in [1.82, 2.24) is 9.80 Å². The lowest BCUT2D eigenvalue weighted by Crippen LogP contribution is -2.48. The number of benzene rings is 3. The number of nitrogens with zero attached hydrogens (tertiary/aromatic N) is 3. The second-order valence-corrected chi connectivity index (χ2v) is 8.71. The molecular weight excluding hydrogens is 504 g/mol. The van der Waals surface area contributed by atoms with Crippen molar-refractivity contribution in [2.24, 2.45) is 0 Å². The highest BCUT2D eigenvalue weighted by molar-refractivity contribution is 6.37. The van der Waals surface area contributed by atoms with Gasteiger partial charge in [0.1, 0.15) is 0 Å². The zero-order valence-electron chi connectivity index (χ0n) is 36.8. The van der Waals surface area contributed by atoms with Gasteiger partial charge in [-0.3, -0.25) is 14.5 Å². The van der Waals surface area contributed by atoms with Crippen LogP contribution in [0.25, 0.3) is 11.1 Å². The number of amides is 2. The summed E-state index contributed by atoms with van der Waals surface area (Å²) in [5.41, 5.74) is -1.75. The first kappa shape index (κ1) is 14.4. The summed E-state index contributed by atoms with van der Waals surface area (Å²) in [4.78, 5) is 40.6. The maximum Gasteiger partial charge on any atom is 0.337 e. The van der Waals surface area contributed by atoms with Crippen molar-refractivity contribution in [2.75, 3.05) is 64.0 Å². The number of nitrogens with one attached hydrogen (secondary N) is 1. The van der Waals surface area contributed by atoms with Gasteiger partial charge < -0.3 is 19.9 Å². The van der Waals surface area contributed by atoms with Gasteiger partial charge in [-0.15, -0.1) is 0 Å². The van der Waals surface area contributed by atoms with Gasteiger partial charge in [-0.25, -0.2) is 4.79 Å². The van der Waals surface area contributed by atoms with E-state index in [1.807, 2.05) is 0 Å². The van der Waals surface area contributed by atoms with Gasteiger partial charge in [-0.1, -0.05) is 48.5 Å². The molecule has 8 nitrogen and oxygen atoms in total. The van der Waals surface area contributed by atoms with Crippen LogP contribution >= 0.6 is 0 Å². The van der Waals surface area contributed by atoms with Gasteiger partial charge in [-0.05, 0) is 54.3 Å². The lowest BCUT2D eigenvalue weighted by Gasteiger charge is -2.32. The maximum atomic E-state index is 13.6. The predicted molar refractivity (Wildman–Crippen MR) is 157 cm³/mol. The van der Waals surface area contributed by atoms with E-state index in [0.717, 1.165) is 21.2 Å². The number of methoxy groups -OCH3 is 1. The first-order chi connectivity index (χ1) is 25.3. The molecule has 0 aliphatic carbocycles. The molecule has 5 rings (SSSR count). The van der Waals surface area contributed by atoms with Gasteiger partial charge >= 0.3 is 5.97 Å². The van der Waals surface area contributed by atoms with Gasteiger partial charge in [0.2, 0.25) is 5.91 Å². The van der Waals surface area contributed by atoms with Gasteiger partial charge in [0.25, 0.3) is 5.91 Å². The summed E-state index contributed by atoms with van der Waals surface area (Å²) < 4.78 is 132. The fourth-order valence-corrected chi connectivity index (χ4v) is 3.98. The molecule has 1 saturated heterocycles. The molecule has 1 fully saturated rings. The number of anilines is 2. The Morgan fingerprint density at radius 1 is 1.02 bits per heavy atom. The Bertz CT molecular complexity index is 2120. The molecule has 1 N–H and O–H groups in total. The number of fused-ring (bicyclic) bond motifs is 1. The molecule has 0 atom stereocenters. The molecule has 0 aromatic heterocycles. The summed E-state index contributed by atoms with van der Waals surface area (Å²) in [5, 5.41) is 2.47. The Morgan fingerprint density at radius 3 is 2.40 bits per heavy atom. The molecule has 40 heavy (non-hydrogen) atoms. The van der Waals surface area contributed by atoms with E-state index in [1.165, 1.54) is 0 Å². The minimum absolute atomic E-state index is 0.0658. The second-order valence-electron chi connectivity index (χ2n) is 8.71. The molecule has 0 bridgehead atoms.